The molecular formula is C12H10BrClN2O2S. The van der Waals surface area contributed by atoms with Crippen molar-refractivity contribution in [2.24, 2.45) is 0 Å². The van der Waals surface area contributed by atoms with Gasteiger partial charge in [0.15, 0.2) is 0 Å². The van der Waals surface area contributed by atoms with E-state index in [1.165, 1.54) is 24.4 Å². The molecule has 1 N–H and O–H groups in total. The fourth-order valence-electron chi connectivity index (χ4n) is 1.47. The highest BCUT2D eigenvalue weighted by atomic mass is 79.9. The summed E-state index contributed by atoms with van der Waals surface area (Å²) in [5.41, 5.74) is 1.29. The van der Waals surface area contributed by atoms with Crippen LogP contribution in [0.4, 0.5) is 5.69 Å². The highest BCUT2D eigenvalue weighted by Gasteiger charge is 2.15. The molecule has 0 saturated carbocycles. The van der Waals surface area contributed by atoms with E-state index in [2.05, 4.69) is 25.6 Å². The second-order valence-electron chi connectivity index (χ2n) is 3.93. The molecule has 0 spiro atoms. The minimum atomic E-state index is -3.65. The molecule has 4 nitrogen and oxygen atoms in total. The van der Waals surface area contributed by atoms with Crippen molar-refractivity contribution in [3.8, 4) is 0 Å². The summed E-state index contributed by atoms with van der Waals surface area (Å²) in [6.07, 6.45) is 3.10. The van der Waals surface area contributed by atoms with E-state index in [0.717, 1.165) is 5.56 Å². The number of hydrogen-bond acceptors (Lipinski definition) is 3. The molecule has 0 amide bonds. The smallest absolute Gasteiger partial charge is 0.261 e. The molecule has 0 aliphatic carbocycles. The zero-order valence-electron chi connectivity index (χ0n) is 9.89. The zero-order valence-corrected chi connectivity index (χ0v) is 13.1. The number of hydrogen-bond donors (Lipinski definition) is 1. The summed E-state index contributed by atoms with van der Waals surface area (Å²) < 4.78 is 27.3. The first-order valence-electron chi connectivity index (χ1n) is 5.28. The first-order chi connectivity index (χ1) is 8.88. The van der Waals surface area contributed by atoms with Gasteiger partial charge in [-0.25, -0.2) is 8.42 Å². The Morgan fingerprint density at radius 2 is 2.00 bits per heavy atom. The van der Waals surface area contributed by atoms with E-state index < -0.39 is 10.0 Å². The van der Waals surface area contributed by atoms with Crippen molar-refractivity contribution in [3.63, 3.8) is 0 Å². The third kappa shape index (κ3) is 3.46. The van der Waals surface area contributed by atoms with E-state index in [4.69, 9.17) is 11.6 Å². The van der Waals surface area contributed by atoms with E-state index in [1.54, 1.807) is 12.3 Å². The number of sulfonamides is 1. The molecule has 19 heavy (non-hydrogen) atoms. The Hall–Kier alpha value is -1.11. The Morgan fingerprint density at radius 3 is 2.63 bits per heavy atom. The number of benzene rings is 1. The van der Waals surface area contributed by atoms with Crippen LogP contribution >= 0.6 is 27.5 Å². The SMILES string of the molecule is Cc1cncc(NS(=O)(=O)c2ccc(Cl)c(Br)c2)c1. The molecule has 0 unspecified atom stereocenters. The van der Waals surface area contributed by atoms with E-state index >= 15 is 0 Å². The summed E-state index contributed by atoms with van der Waals surface area (Å²) >= 11 is 9.04. The van der Waals surface area contributed by atoms with Crippen LogP contribution in [-0.4, -0.2) is 13.4 Å². The van der Waals surface area contributed by atoms with E-state index in [1.807, 2.05) is 6.92 Å². The molecule has 0 saturated heterocycles. The van der Waals surface area contributed by atoms with Crippen molar-refractivity contribution in [1.82, 2.24) is 4.98 Å². The van der Waals surface area contributed by atoms with Crippen molar-refractivity contribution in [1.29, 1.82) is 0 Å². The molecule has 0 aliphatic heterocycles. The molecule has 1 aromatic heterocycles. The van der Waals surface area contributed by atoms with Crippen LogP contribution in [0.1, 0.15) is 5.56 Å². The van der Waals surface area contributed by atoms with Crippen LogP contribution in [0.3, 0.4) is 0 Å². The fraction of sp³-hybridized carbons (Fsp3) is 0.0833. The number of rotatable bonds is 3. The largest absolute Gasteiger partial charge is 0.278 e. The minimum absolute atomic E-state index is 0.130. The van der Waals surface area contributed by atoms with Crippen LogP contribution in [0, 0.1) is 6.92 Å². The fourth-order valence-corrected chi connectivity index (χ4v) is 3.18. The summed E-state index contributed by atoms with van der Waals surface area (Å²) in [6.45, 7) is 1.84. The summed E-state index contributed by atoms with van der Waals surface area (Å²) in [6, 6.07) is 6.12. The third-order valence-electron chi connectivity index (χ3n) is 2.33. The van der Waals surface area contributed by atoms with Gasteiger partial charge >= 0.3 is 0 Å². The Labute approximate surface area is 125 Å². The molecule has 100 valence electrons. The van der Waals surface area contributed by atoms with Gasteiger partial charge in [-0.2, -0.15) is 0 Å². The Kier molecular flexibility index (Phi) is 4.13. The first-order valence-corrected chi connectivity index (χ1v) is 7.93. The molecule has 0 radical (unpaired) electrons. The number of anilines is 1. The maximum Gasteiger partial charge on any atom is 0.261 e. The van der Waals surface area contributed by atoms with Gasteiger partial charge in [-0.3, -0.25) is 9.71 Å². The summed E-state index contributed by atoms with van der Waals surface area (Å²) in [7, 11) is -3.65. The number of pyridine rings is 1. The van der Waals surface area contributed by atoms with Gasteiger partial charge in [0.25, 0.3) is 10.0 Å². The number of nitrogens with zero attached hydrogens (tertiary/aromatic N) is 1. The minimum Gasteiger partial charge on any atom is -0.278 e. The quantitative estimate of drug-likeness (QED) is 0.908. The van der Waals surface area contributed by atoms with Crippen molar-refractivity contribution in [3.05, 3.63) is 51.7 Å². The second kappa shape index (κ2) is 5.48. The number of halogens is 2. The van der Waals surface area contributed by atoms with Crippen LogP contribution in [0.15, 0.2) is 46.0 Å². The molecule has 0 bridgehead atoms. The number of aromatic nitrogens is 1. The van der Waals surface area contributed by atoms with Crippen LogP contribution in [-0.2, 0) is 10.0 Å². The number of nitrogens with one attached hydrogen (secondary N) is 1. The molecule has 0 aliphatic rings. The van der Waals surface area contributed by atoms with E-state index in [9.17, 15) is 8.42 Å². The van der Waals surface area contributed by atoms with Gasteiger partial charge in [-0.15, -0.1) is 0 Å². The summed E-state index contributed by atoms with van der Waals surface area (Å²) in [5.74, 6) is 0. The number of aryl methyl sites for hydroxylation is 1. The summed E-state index contributed by atoms with van der Waals surface area (Å²) in [5, 5.41) is 0.455. The van der Waals surface area contributed by atoms with Crippen LogP contribution < -0.4 is 4.72 Å². The third-order valence-corrected chi connectivity index (χ3v) is 4.92. The monoisotopic (exact) mass is 360 g/mol. The topological polar surface area (TPSA) is 59.1 Å². The van der Waals surface area contributed by atoms with Crippen LogP contribution in [0.5, 0.6) is 0 Å². The molecule has 0 atom stereocenters. The van der Waals surface area contributed by atoms with Crippen LogP contribution in [0.2, 0.25) is 5.02 Å². The van der Waals surface area contributed by atoms with E-state index in [0.29, 0.717) is 15.2 Å². The standard InChI is InChI=1S/C12H10BrClN2O2S/c1-8-4-9(7-15-6-8)16-19(17,18)10-2-3-12(14)11(13)5-10/h2-7,16H,1H3. The maximum absolute atomic E-state index is 12.2. The molecular weight excluding hydrogens is 352 g/mol. The van der Waals surface area contributed by atoms with Gasteiger partial charge < -0.3 is 0 Å². The van der Waals surface area contributed by atoms with Gasteiger partial charge in [0.2, 0.25) is 0 Å². The van der Waals surface area contributed by atoms with Gasteiger partial charge in [0, 0.05) is 10.7 Å². The van der Waals surface area contributed by atoms with Gasteiger partial charge in [-0.05, 0) is 52.7 Å². The van der Waals surface area contributed by atoms with Crippen molar-refractivity contribution >= 4 is 43.2 Å². The van der Waals surface area contributed by atoms with Gasteiger partial charge in [-0.1, -0.05) is 11.6 Å². The Morgan fingerprint density at radius 1 is 1.26 bits per heavy atom. The van der Waals surface area contributed by atoms with Crippen LogP contribution in [0.25, 0.3) is 0 Å². The average molecular weight is 362 g/mol. The average Bonchev–Trinajstić information content (AvgIpc) is 2.32. The molecule has 2 aromatic rings. The van der Waals surface area contributed by atoms with Crippen molar-refractivity contribution in [2.45, 2.75) is 11.8 Å². The second-order valence-corrected chi connectivity index (χ2v) is 6.88. The summed E-state index contributed by atoms with van der Waals surface area (Å²) in [4.78, 5) is 4.07. The normalized spacial score (nSPS) is 11.3. The predicted octanol–water partition coefficient (Wildman–Crippen LogP) is 3.61. The molecule has 1 aromatic carbocycles. The maximum atomic E-state index is 12.2. The van der Waals surface area contributed by atoms with Gasteiger partial charge in [0.1, 0.15) is 0 Å². The lowest BCUT2D eigenvalue weighted by atomic mass is 10.3. The Balaban J connectivity index is 2.35. The molecule has 2 rings (SSSR count). The van der Waals surface area contributed by atoms with Gasteiger partial charge in [0.05, 0.1) is 21.8 Å². The zero-order chi connectivity index (χ0) is 14.0. The lowest BCUT2D eigenvalue weighted by Crippen LogP contribution is -2.13. The van der Waals surface area contributed by atoms with Crippen molar-refractivity contribution in [2.75, 3.05) is 4.72 Å². The molecule has 1 heterocycles. The highest BCUT2D eigenvalue weighted by Crippen LogP contribution is 2.26. The predicted molar refractivity (Wildman–Crippen MR) is 78.9 cm³/mol. The van der Waals surface area contributed by atoms with E-state index in [-0.39, 0.29) is 4.90 Å². The highest BCUT2D eigenvalue weighted by molar-refractivity contribution is 9.10. The van der Waals surface area contributed by atoms with Crippen molar-refractivity contribution < 1.29 is 8.42 Å². The lowest BCUT2D eigenvalue weighted by molar-refractivity contribution is 0.601. The first kappa shape index (κ1) is 14.3. The molecule has 0 fully saturated rings. The lowest BCUT2D eigenvalue weighted by Gasteiger charge is -2.09. The Bertz CT molecular complexity index is 719. The molecule has 7 heteroatoms.